The van der Waals surface area contributed by atoms with Crippen LogP contribution in [0.2, 0.25) is 0 Å². The summed E-state index contributed by atoms with van der Waals surface area (Å²) >= 11 is 0. The van der Waals surface area contributed by atoms with Gasteiger partial charge in [-0.2, -0.15) is 0 Å². The Morgan fingerprint density at radius 3 is 0.695 bits per heavy atom. The number of ether oxygens (including phenoxy) is 8. The minimum Gasteiger partial charge on any atom is -0.396 e. The molecular formula is C50H94O9. The van der Waals surface area contributed by atoms with Gasteiger partial charge >= 0.3 is 0 Å². The van der Waals surface area contributed by atoms with Gasteiger partial charge in [0.15, 0.2) is 23.1 Å². The van der Waals surface area contributed by atoms with Crippen LogP contribution in [0.5, 0.6) is 0 Å². The van der Waals surface area contributed by atoms with Gasteiger partial charge in [-0.3, -0.25) is 0 Å². The summed E-state index contributed by atoms with van der Waals surface area (Å²) in [4.78, 5) is 0. The van der Waals surface area contributed by atoms with Crippen molar-refractivity contribution in [2.24, 2.45) is 39.4 Å². The largest absolute Gasteiger partial charge is 0.396 e. The van der Waals surface area contributed by atoms with Crippen molar-refractivity contribution in [3.63, 3.8) is 0 Å². The third-order valence-electron chi connectivity index (χ3n) is 14.4. The molecule has 0 radical (unpaired) electrons. The summed E-state index contributed by atoms with van der Waals surface area (Å²) in [5, 5.41) is 10.6. The van der Waals surface area contributed by atoms with Crippen molar-refractivity contribution in [2.45, 2.75) is 222 Å². The van der Waals surface area contributed by atoms with Gasteiger partial charge in [0.2, 0.25) is 0 Å². The van der Waals surface area contributed by atoms with Gasteiger partial charge < -0.3 is 43.0 Å². The normalized spacial score (nSPS) is 25.4. The summed E-state index contributed by atoms with van der Waals surface area (Å²) in [6.07, 6.45) is 21.4. The van der Waals surface area contributed by atoms with Gasteiger partial charge in [0.05, 0.1) is 52.9 Å². The fraction of sp³-hybridized carbons (Fsp3) is 1.00. The zero-order valence-corrected chi connectivity index (χ0v) is 40.5. The highest BCUT2D eigenvalue weighted by Gasteiger charge is 2.40. The van der Waals surface area contributed by atoms with Crippen LogP contribution in [-0.4, -0.2) is 87.7 Å². The molecule has 0 amide bonds. The van der Waals surface area contributed by atoms with Crippen molar-refractivity contribution in [3.8, 4) is 0 Å². The maximum atomic E-state index is 10.6. The number of rotatable bonds is 25. The molecule has 4 heterocycles. The van der Waals surface area contributed by atoms with E-state index in [0.717, 1.165) is 91.4 Å². The second-order valence-electron chi connectivity index (χ2n) is 23.4. The second-order valence-corrected chi connectivity index (χ2v) is 23.4. The highest BCUT2D eigenvalue weighted by molar-refractivity contribution is 4.84. The predicted molar refractivity (Wildman–Crippen MR) is 237 cm³/mol. The Balaban J connectivity index is 1.25. The molecule has 0 aromatic heterocycles. The summed E-state index contributed by atoms with van der Waals surface area (Å²) in [5.74, 6) is -0.139. The summed E-state index contributed by atoms with van der Waals surface area (Å²) < 4.78 is 48.5. The number of aliphatic hydroxyl groups is 1. The SMILES string of the molecule is CC1(CCCC(CCCC(CO)CCCC(CCCC2(C)COC(C)(C)OC2)CCCC2(C)COC(C)(C)OC2)CCCC2(C)COC(C)(C)OC2)COC(C)(C)OC1. The van der Waals surface area contributed by atoms with E-state index >= 15 is 0 Å². The Bertz CT molecular complexity index is 1000. The van der Waals surface area contributed by atoms with Crippen LogP contribution < -0.4 is 0 Å². The van der Waals surface area contributed by atoms with Crippen LogP contribution in [0.25, 0.3) is 0 Å². The minimum absolute atomic E-state index is 0.0820. The Kier molecular flexibility index (Phi) is 19.1. The molecule has 0 aromatic carbocycles. The smallest absolute Gasteiger partial charge is 0.162 e. The van der Waals surface area contributed by atoms with Gasteiger partial charge in [-0.05, 0) is 112 Å². The van der Waals surface area contributed by atoms with Crippen molar-refractivity contribution in [1.29, 1.82) is 0 Å². The zero-order valence-electron chi connectivity index (χ0n) is 40.5. The van der Waals surface area contributed by atoms with Crippen LogP contribution in [0.3, 0.4) is 0 Å². The second kappa shape index (κ2) is 22.0. The van der Waals surface area contributed by atoms with E-state index < -0.39 is 23.1 Å². The van der Waals surface area contributed by atoms with E-state index in [1.807, 2.05) is 55.4 Å². The molecule has 0 saturated carbocycles. The Labute approximate surface area is 362 Å². The molecule has 0 atom stereocenters. The van der Waals surface area contributed by atoms with E-state index in [4.69, 9.17) is 37.9 Å². The molecule has 0 aliphatic carbocycles. The van der Waals surface area contributed by atoms with Crippen molar-refractivity contribution in [3.05, 3.63) is 0 Å². The van der Waals surface area contributed by atoms with Gasteiger partial charge in [-0.25, -0.2) is 0 Å². The maximum Gasteiger partial charge on any atom is 0.162 e. The first-order valence-electron chi connectivity index (χ1n) is 24.2. The molecule has 4 saturated heterocycles. The van der Waals surface area contributed by atoms with Crippen LogP contribution in [0.1, 0.15) is 199 Å². The van der Waals surface area contributed by atoms with E-state index in [0.29, 0.717) is 24.4 Å². The fourth-order valence-corrected chi connectivity index (χ4v) is 9.55. The highest BCUT2D eigenvalue weighted by Crippen LogP contribution is 2.40. The molecule has 348 valence electrons. The van der Waals surface area contributed by atoms with Gasteiger partial charge in [0.25, 0.3) is 0 Å². The lowest BCUT2D eigenvalue weighted by Crippen LogP contribution is -2.45. The molecule has 4 rings (SSSR count). The molecule has 9 nitrogen and oxygen atoms in total. The minimum atomic E-state index is -0.475. The number of hydrogen-bond acceptors (Lipinski definition) is 9. The Morgan fingerprint density at radius 2 is 0.492 bits per heavy atom. The average Bonchev–Trinajstić information content (AvgIpc) is 3.16. The van der Waals surface area contributed by atoms with Crippen LogP contribution in [0, 0.1) is 39.4 Å². The standard InChI is InChI=1S/C50H94O9/c1-43(2)52-32-47(9,33-53-43)27-15-23-40(24-16-28-48(10)34-54-44(3,4)55-35-48)19-13-21-42(31-51)22-14-20-41(25-17-29-49(11)36-56-45(5,6)57-37-49)26-18-30-50(12)38-58-46(7,8)59-39-50/h40-42,51H,13-39H2,1-12H3. The highest BCUT2D eigenvalue weighted by atomic mass is 16.7. The molecule has 4 fully saturated rings. The number of aliphatic hydroxyl groups excluding tert-OH is 1. The molecule has 0 aromatic rings. The zero-order chi connectivity index (χ0) is 43.5. The molecule has 59 heavy (non-hydrogen) atoms. The van der Waals surface area contributed by atoms with Crippen molar-refractivity contribution < 1.29 is 43.0 Å². The molecular weight excluding hydrogens is 745 g/mol. The molecule has 0 unspecified atom stereocenters. The predicted octanol–water partition coefficient (Wildman–Crippen LogP) is 12.0. The lowest BCUT2D eigenvalue weighted by Gasteiger charge is -2.42. The molecule has 0 bridgehead atoms. The van der Waals surface area contributed by atoms with E-state index in [1.54, 1.807) is 0 Å². The van der Waals surface area contributed by atoms with E-state index in [-0.39, 0.29) is 21.7 Å². The number of hydrogen-bond donors (Lipinski definition) is 1. The summed E-state index contributed by atoms with van der Waals surface area (Å²) in [6.45, 7) is 31.8. The Hall–Kier alpha value is -0.360. The third-order valence-corrected chi connectivity index (χ3v) is 14.4. The first-order chi connectivity index (χ1) is 27.5. The fourth-order valence-electron chi connectivity index (χ4n) is 9.55. The van der Waals surface area contributed by atoms with Crippen molar-refractivity contribution in [1.82, 2.24) is 0 Å². The van der Waals surface area contributed by atoms with Gasteiger partial charge in [-0.1, -0.05) is 105 Å². The van der Waals surface area contributed by atoms with Gasteiger partial charge in [0, 0.05) is 28.3 Å². The maximum absolute atomic E-state index is 10.6. The molecule has 4 aliphatic heterocycles. The quantitative estimate of drug-likeness (QED) is 0.0964. The lowest BCUT2D eigenvalue weighted by atomic mass is 9.80. The van der Waals surface area contributed by atoms with Crippen LogP contribution in [0.15, 0.2) is 0 Å². The summed E-state index contributed by atoms with van der Waals surface area (Å²) in [6, 6.07) is 0. The van der Waals surface area contributed by atoms with Gasteiger partial charge in [0.1, 0.15) is 0 Å². The summed E-state index contributed by atoms with van der Waals surface area (Å²) in [7, 11) is 0. The molecule has 1 N–H and O–H groups in total. The van der Waals surface area contributed by atoms with E-state index in [1.165, 1.54) is 77.0 Å². The van der Waals surface area contributed by atoms with Gasteiger partial charge in [-0.15, -0.1) is 0 Å². The molecule has 0 spiro atoms. The first kappa shape index (κ1) is 51.3. The molecule has 4 aliphatic rings. The van der Waals surface area contributed by atoms with E-state index in [9.17, 15) is 5.11 Å². The lowest BCUT2D eigenvalue weighted by molar-refractivity contribution is -0.283. The molecule has 9 heteroatoms. The first-order valence-corrected chi connectivity index (χ1v) is 24.2. The van der Waals surface area contributed by atoms with Crippen LogP contribution in [0.4, 0.5) is 0 Å². The topological polar surface area (TPSA) is 94.1 Å². The van der Waals surface area contributed by atoms with Crippen molar-refractivity contribution >= 4 is 0 Å². The Morgan fingerprint density at radius 1 is 0.305 bits per heavy atom. The average molecular weight is 839 g/mol. The van der Waals surface area contributed by atoms with Crippen molar-refractivity contribution in [2.75, 3.05) is 59.5 Å². The van der Waals surface area contributed by atoms with Crippen LogP contribution >= 0.6 is 0 Å². The van der Waals surface area contributed by atoms with E-state index in [2.05, 4.69) is 27.7 Å². The summed E-state index contributed by atoms with van der Waals surface area (Å²) in [5.41, 5.74) is 0.328. The third kappa shape index (κ3) is 18.7. The monoisotopic (exact) mass is 839 g/mol. The van der Waals surface area contributed by atoms with Crippen LogP contribution in [-0.2, 0) is 37.9 Å².